The van der Waals surface area contributed by atoms with Gasteiger partial charge in [-0.15, -0.1) is 5.06 Å². The SMILES string of the molecule is CCN1CC(c2noc(COC)n2)=C(c2cc(C(C)C)c(O)cc2O)O1. The smallest absolute Gasteiger partial charge is 0.252 e. The van der Waals surface area contributed by atoms with Gasteiger partial charge in [-0.1, -0.05) is 19.0 Å². The second-order valence-electron chi connectivity index (χ2n) is 6.38. The molecule has 2 N–H and O–H groups in total. The third-order valence-corrected chi connectivity index (χ3v) is 4.20. The number of likely N-dealkylation sites (N-methyl/N-ethyl adjacent to an activating group) is 1. The Morgan fingerprint density at radius 3 is 2.69 bits per heavy atom. The van der Waals surface area contributed by atoms with E-state index in [2.05, 4.69) is 10.1 Å². The molecular weight excluding hydrogens is 338 g/mol. The van der Waals surface area contributed by atoms with Gasteiger partial charge in [-0.25, -0.2) is 0 Å². The summed E-state index contributed by atoms with van der Waals surface area (Å²) in [5.74, 6) is 1.27. The van der Waals surface area contributed by atoms with Crippen LogP contribution < -0.4 is 0 Å². The summed E-state index contributed by atoms with van der Waals surface area (Å²) in [6.45, 7) is 7.21. The monoisotopic (exact) mass is 361 g/mol. The molecule has 0 fully saturated rings. The van der Waals surface area contributed by atoms with Gasteiger partial charge in [0, 0.05) is 19.7 Å². The minimum Gasteiger partial charge on any atom is -0.508 e. The van der Waals surface area contributed by atoms with Crippen LogP contribution in [-0.2, 0) is 16.2 Å². The first-order valence-corrected chi connectivity index (χ1v) is 8.48. The Labute approximate surface area is 151 Å². The minimum atomic E-state index is -0.0713. The third-order valence-electron chi connectivity index (χ3n) is 4.20. The molecule has 0 saturated heterocycles. The molecule has 1 aliphatic heterocycles. The average Bonchev–Trinajstić information content (AvgIpc) is 3.21. The van der Waals surface area contributed by atoms with E-state index >= 15 is 0 Å². The molecule has 0 atom stereocenters. The van der Waals surface area contributed by atoms with Crippen LogP contribution in [-0.4, -0.2) is 45.6 Å². The molecule has 0 unspecified atom stereocenters. The quantitative estimate of drug-likeness (QED) is 0.810. The van der Waals surface area contributed by atoms with Crippen LogP contribution in [0.15, 0.2) is 16.7 Å². The lowest BCUT2D eigenvalue weighted by Gasteiger charge is -2.16. The molecule has 140 valence electrons. The maximum atomic E-state index is 10.4. The van der Waals surface area contributed by atoms with Gasteiger partial charge in [-0.05, 0) is 24.5 Å². The molecule has 0 amide bonds. The van der Waals surface area contributed by atoms with Crippen LogP contribution in [0.4, 0.5) is 0 Å². The second-order valence-corrected chi connectivity index (χ2v) is 6.38. The number of hydrogen-bond donors (Lipinski definition) is 2. The normalized spacial score (nSPS) is 15.1. The Morgan fingerprint density at radius 1 is 1.27 bits per heavy atom. The lowest BCUT2D eigenvalue weighted by Crippen LogP contribution is -2.18. The van der Waals surface area contributed by atoms with E-state index in [1.165, 1.54) is 6.07 Å². The van der Waals surface area contributed by atoms with Crippen LogP contribution in [0.25, 0.3) is 11.3 Å². The number of hydroxylamine groups is 2. The highest BCUT2D eigenvalue weighted by Crippen LogP contribution is 2.41. The summed E-state index contributed by atoms with van der Waals surface area (Å²) in [7, 11) is 1.55. The molecule has 8 nitrogen and oxygen atoms in total. The number of aromatic nitrogens is 2. The molecule has 8 heteroatoms. The molecule has 0 aliphatic carbocycles. The average molecular weight is 361 g/mol. The Morgan fingerprint density at radius 2 is 2.04 bits per heavy atom. The lowest BCUT2D eigenvalue weighted by molar-refractivity contribution is -0.0556. The van der Waals surface area contributed by atoms with Crippen molar-refractivity contribution in [2.24, 2.45) is 0 Å². The predicted molar refractivity (Wildman–Crippen MR) is 94.0 cm³/mol. The van der Waals surface area contributed by atoms with E-state index in [0.717, 1.165) is 5.56 Å². The molecule has 2 aromatic rings. The zero-order chi connectivity index (χ0) is 18.8. The van der Waals surface area contributed by atoms with Gasteiger partial charge in [-0.2, -0.15) is 4.98 Å². The molecule has 2 heterocycles. The standard InChI is InChI=1S/C18H23N3O5/c1-5-21-8-13(18-19-16(9-24-4)25-20-18)17(26-21)12-6-11(10(2)3)14(22)7-15(12)23/h6-7,10,22-23H,5,8-9H2,1-4H3. The number of methoxy groups -OCH3 is 1. The highest BCUT2D eigenvalue weighted by atomic mass is 16.7. The largest absolute Gasteiger partial charge is 0.508 e. The molecule has 1 aromatic heterocycles. The Kier molecular flexibility index (Phi) is 5.15. The van der Waals surface area contributed by atoms with Gasteiger partial charge in [0.05, 0.1) is 17.7 Å². The van der Waals surface area contributed by atoms with Gasteiger partial charge in [-0.3, -0.25) is 0 Å². The molecular formula is C18H23N3O5. The first kappa shape index (κ1) is 18.2. The van der Waals surface area contributed by atoms with Crippen LogP contribution in [0, 0.1) is 0 Å². The maximum Gasteiger partial charge on any atom is 0.252 e. The molecule has 1 aliphatic rings. The number of phenols is 2. The second kappa shape index (κ2) is 7.35. The Hall–Kier alpha value is -2.58. The van der Waals surface area contributed by atoms with Gasteiger partial charge in [0.2, 0.25) is 5.82 Å². The molecule has 0 saturated carbocycles. The van der Waals surface area contributed by atoms with E-state index in [-0.39, 0.29) is 24.0 Å². The molecule has 1 aromatic carbocycles. The van der Waals surface area contributed by atoms with Gasteiger partial charge in [0.15, 0.2) is 5.76 Å². The van der Waals surface area contributed by atoms with Crippen molar-refractivity contribution >= 4 is 11.3 Å². The van der Waals surface area contributed by atoms with Crippen LogP contribution >= 0.6 is 0 Å². The number of hydrogen-bond acceptors (Lipinski definition) is 8. The first-order valence-electron chi connectivity index (χ1n) is 8.48. The summed E-state index contributed by atoms with van der Waals surface area (Å²) in [6.07, 6.45) is 0. The fourth-order valence-electron chi connectivity index (χ4n) is 2.82. The van der Waals surface area contributed by atoms with Crippen molar-refractivity contribution in [3.63, 3.8) is 0 Å². The highest BCUT2D eigenvalue weighted by Gasteiger charge is 2.31. The third kappa shape index (κ3) is 3.38. The maximum absolute atomic E-state index is 10.4. The van der Waals surface area contributed by atoms with E-state index in [1.807, 2.05) is 20.8 Å². The zero-order valence-corrected chi connectivity index (χ0v) is 15.3. The molecule has 0 radical (unpaired) electrons. The van der Waals surface area contributed by atoms with E-state index in [1.54, 1.807) is 18.2 Å². The summed E-state index contributed by atoms with van der Waals surface area (Å²) in [4.78, 5) is 10.2. The zero-order valence-electron chi connectivity index (χ0n) is 15.3. The number of phenolic OH excluding ortho intramolecular Hbond substituents is 2. The summed E-state index contributed by atoms with van der Waals surface area (Å²) < 4.78 is 10.2. The van der Waals surface area contributed by atoms with E-state index < -0.39 is 0 Å². The number of aromatic hydroxyl groups is 2. The van der Waals surface area contributed by atoms with Crippen molar-refractivity contribution in [1.82, 2.24) is 15.2 Å². The van der Waals surface area contributed by atoms with Crippen molar-refractivity contribution in [3.05, 3.63) is 35.0 Å². The van der Waals surface area contributed by atoms with E-state index in [4.69, 9.17) is 14.1 Å². The number of ether oxygens (including phenoxy) is 1. The van der Waals surface area contributed by atoms with Crippen molar-refractivity contribution in [1.29, 1.82) is 0 Å². The molecule has 0 bridgehead atoms. The van der Waals surface area contributed by atoms with Gasteiger partial charge in [0.25, 0.3) is 5.89 Å². The van der Waals surface area contributed by atoms with Gasteiger partial charge >= 0.3 is 0 Å². The Bertz CT molecular complexity index is 828. The van der Waals surface area contributed by atoms with E-state index in [0.29, 0.717) is 41.7 Å². The van der Waals surface area contributed by atoms with Crippen molar-refractivity contribution in [2.75, 3.05) is 20.2 Å². The molecule has 26 heavy (non-hydrogen) atoms. The van der Waals surface area contributed by atoms with Crippen LogP contribution in [0.1, 0.15) is 49.5 Å². The van der Waals surface area contributed by atoms with E-state index in [9.17, 15) is 10.2 Å². The summed E-state index contributed by atoms with van der Waals surface area (Å²) >= 11 is 0. The predicted octanol–water partition coefficient (Wildman–Crippen LogP) is 2.89. The number of nitrogens with zero attached hydrogens (tertiary/aromatic N) is 3. The molecule has 3 rings (SSSR count). The van der Waals surface area contributed by atoms with Crippen LogP contribution in [0.3, 0.4) is 0 Å². The number of benzene rings is 1. The lowest BCUT2D eigenvalue weighted by atomic mass is 9.97. The summed E-state index contributed by atoms with van der Waals surface area (Å²) in [5, 5.41) is 26.2. The summed E-state index contributed by atoms with van der Waals surface area (Å²) in [6, 6.07) is 3.07. The van der Waals surface area contributed by atoms with Crippen molar-refractivity contribution < 1.29 is 24.3 Å². The fraction of sp³-hybridized carbons (Fsp3) is 0.444. The highest BCUT2D eigenvalue weighted by molar-refractivity contribution is 5.89. The van der Waals surface area contributed by atoms with Crippen LogP contribution in [0.5, 0.6) is 11.5 Å². The van der Waals surface area contributed by atoms with Crippen LogP contribution in [0.2, 0.25) is 0 Å². The van der Waals surface area contributed by atoms with Gasteiger partial charge < -0.3 is 24.3 Å². The minimum absolute atomic E-state index is 0.0516. The topological polar surface area (TPSA) is 101 Å². The Balaban J connectivity index is 2.10. The number of rotatable bonds is 6. The first-order chi connectivity index (χ1) is 12.4. The van der Waals surface area contributed by atoms with Crippen molar-refractivity contribution in [3.8, 4) is 11.5 Å². The fourth-order valence-corrected chi connectivity index (χ4v) is 2.82. The molecule has 0 spiro atoms. The summed E-state index contributed by atoms with van der Waals surface area (Å²) in [5.41, 5.74) is 1.90. The van der Waals surface area contributed by atoms with Crippen molar-refractivity contribution in [2.45, 2.75) is 33.3 Å². The van der Waals surface area contributed by atoms with Gasteiger partial charge in [0.1, 0.15) is 18.1 Å².